The van der Waals surface area contributed by atoms with Gasteiger partial charge < -0.3 is 14.6 Å². The molecular weight excluding hydrogens is 454 g/mol. The molecule has 0 unspecified atom stereocenters. The molecule has 11 heteroatoms. The molecule has 0 spiro atoms. The second kappa shape index (κ2) is 9.28. The minimum atomic E-state index is -0.577. The number of carbonyl (C=O) groups is 3. The Bertz CT molecular complexity index is 1150. The molecule has 0 saturated carbocycles. The minimum absolute atomic E-state index is 0.0628. The Morgan fingerprint density at radius 1 is 1.16 bits per heavy atom. The Morgan fingerprint density at radius 2 is 1.97 bits per heavy atom. The molecule has 0 atom stereocenters. The number of carbonyl (C=O) groups excluding carboxylic acids is 3. The van der Waals surface area contributed by atoms with E-state index in [4.69, 9.17) is 21.7 Å². The lowest BCUT2D eigenvalue weighted by atomic mass is 10.2. The standard InChI is InChI=1S/C21H17N3O6S2/c25-14-3-1-2-13(10-14)19(27)23-22-18(26)6-7-24-20(28)17(32-21(24)31)9-12-4-5-15-16(8-12)30-11-29-15/h1-5,8-10,25H,6-7,11H2,(H,22,26)(H,23,27)/b17-9+. The molecule has 1 saturated heterocycles. The van der Waals surface area contributed by atoms with Gasteiger partial charge in [-0.25, -0.2) is 0 Å². The van der Waals surface area contributed by atoms with Crippen LogP contribution in [-0.4, -0.2) is 45.4 Å². The maximum absolute atomic E-state index is 12.7. The summed E-state index contributed by atoms with van der Waals surface area (Å²) in [4.78, 5) is 38.6. The third-order valence-electron chi connectivity index (χ3n) is 4.55. The summed E-state index contributed by atoms with van der Waals surface area (Å²) < 4.78 is 11.0. The highest BCUT2D eigenvalue weighted by Gasteiger charge is 2.32. The predicted octanol–water partition coefficient (Wildman–Crippen LogP) is 2.17. The first-order valence-electron chi connectivity index (χ1n) is 9.44. The zero-order valence-corrected chi connectivity index (χ0v) is 18.1. The summed E-state index contributed by atoms with van der Waals surface area (Å²) in [6, 6.07) is 11.1. The van der Waals surface area contributed by atoms with E-state index in [2.05, 4.69) is 10.9 Å². The van der Waals surface area contributed by atoms with Gasteiger partial charge in [-0.05, 0) is 42.0 Å². The second-order valence-corrected chi connectivity index (χ2v) is 8.42. The van der Waals surface area contributed by atoms with E-state index in [0.29, 0.717) is 20.7 Å². The number of benzene rings is 2. The molecule has 32 heavy (non-hydrogen) atoms. The number of hydrazine groups is 1. The van der Waals surface area contributed by atoms with E-state index in [-0.39, 0.29) is 37.0 Å². The van der Waals surface area contributed by atoms with Gasteiger partial charge in [0.25, 0.3) is 11.8 Å². The average Bonchev–Trinajstić information content (AvgIpc) is 3.34. The van der Waals surface area contributed by atoms with Gasteiger partial charge in [-0.15, -0.1) is 0 Å². The van der Waals surface area contributed by atoms with Crippen molar-refractivity contribution in [3.63, 3.8) is 0 Å². The number of nitrogens with zero attached hydrogens (tertiary/aromatic N) is 1. The van der Waals surface area contributed by atoms with Crippen molar-refractivity contribution in [2.45, 2.75) is 6.42 Å². The number of rotatable bonds is 5. The molecule has 164 valence electrons. The van der Waals surface area contributed by atoms with Gasteiger partial charge in [0.15, 0.2) is 11.5 Å². The van der Waals surface area contributed by atoms with Crippen LogP contribution in [-0.2, 0) is 9.59 Å². The first-order chi connectivity index (χ1) is 15.4. The van der Waals surface area contributed by atoms with Crippen LogP contribution in [0.15, 0.2) is 47.4 Å². The van der Waals surface area contributed by atoms with Crippen LogP contribution in [0.5, 0.6) is 17.2 Å². The molecular formula is C21H17N3O6S2. The highest BCUT2D eigenvalue weighted by Crippen LogP contribution is 2.36. The molecule has 2 aliphatic heterocycles. The van der Waals surface area contributed by atoms with Crippen LogP contribution < -0.4 is 20.3 Å². The van der Waals surface area contributed by atoms with E-state index in [1.54, 1.807) is 18.2 Å². The highest BCUT2D eigenvalue weighted by molar-refractivity contribution is 8.26. The smallest absolute Gasteiger partial charge is 0.269 e. The zero-order chi connectivity index (χ0) is 22.7. The van der Waals surface area contributed by atoms with Gasteiger partial charge in [0.2, 0.25) is 12.7 Å². The van der Waals surface area contributed by atoms with Crippen LogP contribution in [0.2, 0.25) is 0 Å². The number of amides is 3. The van der Waals surface area contributed by atoms with E-state index in [9.17, 15) is 19.5 Å². The van der Waals surface area contributed by atoms with Gasteiger partial charge in [0.05, 0.1) is 4.91 Å². The summed E-state index contributed by atoms with van der Waals surface area (Å²) in [5.41, 5.74) is 5.50. The molecule has 0 bridgehead atoms. The molecule has 0 aliphatic carbocycles. The van der Waals surface area contributed by atoms with E-state index in [1.165, 1.54) is 29.2 Å². The number of aromatic hydroxyl groups is 1. The quantitative estimate of drug-likeness (QED) is 0.345. The van der Waals surface area contributed by atoms with Gasteiger partial charge in [-0.3, -0.25) is 30.1 Å². The summed E-state index contributed by atoms with van der Waals surface area (Å²) in [5.74, 6) is -0.171. The molecule has 3 amide bonds. The van der Waals surface area contributed by atoms with Crippen LogP contribution in [0.1, 0.15) is 22.3 Å². The molecule has 2 heterocycles. The van der Waals surface area contributed by atoms with Crippen molar-refractivity contribution in [2.24, 2.45) is 0 Å². The highest BCUT2D eigenvalue weighted by atomic mass is 32.2. The predicted molar refractivity (Wildman–Crippen MR) is 121 cm³/mol. The number of hydrogen-bond acceptors (Lipinski definition) is 8. The first-order valence-corrected chi connectivity index (χ1v) is 10.7. The van der Waals surface area contributed by atoms with Gasteiger partial charge in [0, 0.05) is 18.5 Å². The Hall–Kier alpha value is -3.57. The van der Waals surface area contributed by atoms with E-state index >= 15 is 0 Å². The number of hydrogen-bond donors (Lipinski definition) is 3. The summed E-state index contributed by atoms with van der Waals surface area (Å²) in [7, 11) is 0. The summed E-state index contributed by atoms with van der Waals surface area (Å²) in [5, 5.41) is 9.41. The number of thiocarbonyl (C=S) groups is 1. The summed E-state index contributed by atoms with van der Waals surface area (Å²) in [6.07, 6.45) is 1.64. The maximum atomic E-state index is 12.7. The van der Waals surface area contributed by atoms with Crippen LogP contribution in [0.3, 0.4) is 0 Å². The van der Waals surface area contributed by atoms with E-state index in [0.717, 1.165) is 17.3 Å². The molecule has 1 fully saturated rings. The first kappa shape index (κ1) is 21.7. The molecule has 0 aromatic heterocycles. The number of nitrogens with one attached hydrogen (secondary N) is 2. The Kier molecular flexibility index (Phi) is 6.28. The fourth-order valence-corrected chi connectivity index (χ4v) is 4.28. The number of phenols is 1. The van der Waals surface area contributed by atoms with Crippen molar-refractivity contribution < 1.29 is 29.0 Å². The lowest BCUT2D eigenvalue weighted by molar-refractivity contribution is -0.124. The zero-order valence-electron chi connectivity index (χ0n) is 16.5. The lowest BCUT2D eigenvalue weighted by Gasteiger charge is -2.14. The molecule has 9 nitrogen and oxygen atoms in total. The molecule has 2 aromatic rings. The molecule has 2 aliphatic rings. The number of ether oxygens (including phenoxy) is 2. The van der Waals surface area contributed by atoms with E-state index < -0.39 is 11.8 Å². The monoisotopic (exact) mass is 471 g/mol. The van der Waals surface area contributed by atoms with Crippen molar-refractivity contribution in [1.82, 2.24) is 15.8 Å². The normalized spacial score (nSPS) is 15.9. The van der Waals surface area contributed by atoms with Crippen LogP contribution in [0.25, 0.3) is 6.08 Å². The Balaban J connectivity index is 1.30. The van der Waals surface area contributed by atoms with Crippen molar-refractivity contribution in [1.29, 1.82) is 0 Å². The van der Waals surface area contributed by atoms with Crippen LogP contribution in [0.4, 0.5) is 0 Å². The SMILES string of the molecule is O=C(CCN1C(=O)/C(=C\c2ccc3c(c2)OCO3)SC1=S)NNC(=O)c1cccc(O)c1. The fourth-order valence-electron chi connectivity index (χ4n) is 2.97. The van der Waals surface area contributed by atoms with Gasteiger partial charge in [0.1, 0.15) is 10.1 Å². The number of phenolic OH excluding ortho intramolecular Hbond substituents is 1. The largest absolute Gasteiger partial charge is 0.508 e. The Labute approximate surface area is 192 Å². The molecule has 0 radical (unpaired) electrons. The van der Waals surface area contributed by atoms with Crippen LogP contribution >= 0.6 is 24.0 Å². The Morgan fingerprint density at radius 3 is 2.78 bits per heavy atom. The second-order valence-electron chi connectivity index (χ2n) is 6.75. The van der Waals surface area contributed by atoms with Crippen molar-refractivity contribution in [3.05, 3.63) is 58.5 Å². The van der Waals surface area contributed by atoms with Crippen molar-refractivity contribution in [2.75, 3.05) is 13.3 Å². The molecule has 4 rings (SSSR count). The summed E-state index contributed by atoms with van der Waals surface area (Å²) in [6.45, 7) is 0.230. The van der Waals surface area contributed by atoms with E-state index in [1.807, 2.05) is 6.07 Å². The molecule has 2 aromatic carbocycles. The third-order valence-corrected chi connectivity index (χ3v) is 5.93. The van der Waals surface area contributed by atoms with Crippen molar-refractivity contribution >= 4 is 52.1 Å². The fraction of sp³-hybridized carbons (Fsp3) is 0.143. The topological polar surface area (TPSA) is 117 Å². The minimum Gasteiger partial charge on any atom is -0.508 e. The van der Waals surface area contributed by atoms with Gasteiger partial charge in [-0.1, -0.05) is 36.1 Å². The average molecular weight is 472 g/mol. The number of fused-ring (bicyclic) bond motifs is 1. The lowest BCUT2D eigenvalue weighted by Crippen LogP contribution is -2.43. The van der Waals surface area contributed by atoms with Gasteiger partial charge >= 0.3 is 0 Å². The summed E-state index contributed by atoms with van der Waals surface area (Å²) >= 11 is 6.43. The maximum Gasteiger partial charge on any atom is 0.269 e. The number of thioether (sulfide) groups is 1. The third kappa shape index (κ3) is 4.84. The van der Waals surface area contributed by atoms with Crippen molar-refractivity contribution in [3.8, 4) is 17.2 Å². The molecule has 3 N–H and O–H groups in total. The van der Waals surface area contributed by atoms with Crippen LogP contribution in [0, 0.1) is 0 Å². The van der Waals surface area contributed by atoms with Gasteiger partial charge in [-0.2, -0.15) is 0 Å².